The molecule has 0 aliphatic heterocycles. The van der Waals surface area contributed by atoms with Gasteiger partial charge < -0.3 is 9.84 Å². The van der Waals surface area contributed by atoms with E-state index in [-0.39, 0.29) is 11.9 Å². The van der Waals surface area contributed by atoms with E-state index in [1.807, 2.05) is 0 Å². The zero-order chi connectivity index (χ0) is 26.4. The van der Waals surface area contributed by atoms with E-state index in [2.05, 4.69) is 6.92 Å². The smallest absolute Gasteiger partial charge is 0.313 e. The predicted octanol–water partition coefficient (Wildman–Crippen LogP) is 9.99. The molecule has 4 heteroatoms. The van der Waals surface area contributed by atoms with Crippen molar-refractivity contribution in [3.05, 3.63) is 0 Å². The van der Waals surface area contributed by atoms with Gasteiger partial charge in [0.25, 0.3) is 0 Å². The van der Waals surface area contributed by atoms with E-state index < -0.39 is 0 Å². The molecule has 0 bridgehead atoms. The average molecular weight is 511 g/mol. The third kappa shape index (κ3) is 29.3. The number of hydrogen-bond acceptors (Lipinski definition) is 4. The summed E-state index contributed by atoms with van der Waals surface area (Å²) < 4.78 is 4.98. The minimum Gasteiger partial charge on any atom is -0.396 e. The Morgan fingerprint density at radius 3 is 0.944 bits per heavy atom. The van der Waals surface area contributed by atoms with Crippen LogP contribution in [0.25, 0.3) is 0 Å². The van der Waals surface area contributed by atoms with Gasteiger partial charge in [-0.15, -0.1) is 0 Å². The van der Waals surface area contributed by atoms with Gasteiger partial charge in [-0.2, -0.15) is 0 Å². The number of aliphatic hydroxyl groups excluding tert-OH is 1. The Hall–Kier alpha value is -0.900. The molecule has 0 saturated heterocycles. The van der Waals surface area contributed by atoms with Gasteiger partial charge in [0.2, 0.25) is 0 Å². The first-order chi connectivity index (χ1) is 17.7. The zero-order valence-electron chi connectivity index (χ0n) is 24.2. The van der Waals surface area contributed by atoms with Gasteiger partial charge in [-0.3, -0.25) is 9.59 Å². The maximum Gasteiger partial charge on any atom is 0.313 e. The molecule has 1 N–H and O–H groups in total. The number of carbonyl (C=O) groups is 2. The molecule has 214 valence electrons. The number of rotatable bonds is 29. The van der Waals surface area contributed by atoms with E-state index in [1.54, 1.807) is 0 Å². The summed E-state index contributed by atoms with van der Waals surface area (Å²) >= 11 is 0. The number of ether oxygens (including phenoxy) is 1. The van der Waals surface area contributed by atoms with Crippen molar-refractivity contribution in [3.8, 4) is 0 Å². The van der Waals surface area contributed by atoms with E-state index >= 15 is 0 Å². The minimum atomic E-state index is -0.339. The first-order valence-corrected chi connectivity index (χ1v) is 16.0. The van der Waals surface area contributed by atoms with Crippen LogP contribution in [0.4, 0.5) is 0 Å². The molecule has 36 heavy (non-hydrogen) atoms. The number of hydrogen-bond donors (Lipinski definition) is 1. The molecule has 0 fully saturated rings. The van der Waals surface area contributed by atoms with Crippen LogP contribution in [0.15, 0.2) is 0 Å². The molecule has 0 rings (SSSR count). The van der Waals surface area contributed by atoms with Gasteiger partial charge in [-0.1, -0.05) is 155 Å². The Morgan fingerprint density at radius 1 is 0.417 bits per heavy atom. The molecule has 0 spiro atoms. The van der Waals surface area contributed by atoms with Crippen molar-refractivity contribution in [2.75, 3.05) is 6.61 Å². The molecular formula is C32H62O4. The molecule has 0 aromatic rings. The molecule has 0 aliphatic rings. The topological polar surface area (TPSA) is 63.6 Å². The number of esters is 2. The normalized spacial score (nSPS) is 11.2. The van der Waals surface area contributed by atoms with E-state index in [0.29, 0.717) is 19.4 Å². The molecule has 4 nitrogen and oxygen atoms in total. The molecule has 0 amide bonds. The van der Waals surface area contributed by atoms with Gasteiger partial charge in [0.1, 0.15) is 0 Å². The summed E-state index contributed by atoms with van der Waals surface area (Å²) in [5, 5.41) is 8.76. The highest BCUT2D eigenvalue weighted by atomic mass is 16.6. The SMILES string of the molecule is CCCCCCCCCCCCCCCC(=O)OC(=O)CCCCCCCCCCCCCCCO. The van der Waals surface area contributed by atoms with Gasteiger partial charge in [0, 0.05) is 19.4 Å². The third-order valence-electron chi connectivity index (χ3n) is 7.25. The lowest BCUT2D eigenvalue weighted by atomic mass is 10.0. The largest absolute Gasteiger partial charge is 0.396 e. The molecule has 0 unspecified atom stereocenters. The lowest BCUT2D eigenvalue weighted by Gasteiger charge is -2.05. The molecule has 0 saturated carbocycles. The number of unbranched alkanes of at least 4 members (excludes halogenated alkanes) is 24. The average Bonchev–Trinajstić information content (AvgIpc) is 2.87. The van der Waals surface area contributed by atoms with Crippen molar-refractivity contribution in [2.45, 2.75) is 187 Å². The lowest BCUT2D eigenvalue weighted by molar-refractivity contribution is -0.159. The molecule has 0 atom stereocenters. The Bertz CT molecular complexity index is 463. The van der Waals surface area contributed by atoms with Crippen LogP contribution in [0.3, 0.4) is 0 Å². The highest BCUT2D eigenvalue weighted by Gasteiger charge is 2.09. The van der Waals surface area contributed by atoms with Crippen molar-refractivity contribution in [1.82, 2.24) is 0 Å². The van der Waals surface area contributed by atoms with Gasteiger partial charge in [-0.25, -0.2) is 0 Å². The molecule has 0 aliphatic carbocycles. The fraction of sp³-hybridized carbons (Fsp3) is 0.938. The first kappa shape index (κ1) is 35.1. The van der Waals surface area contributed by atoms with E-state index in [9.17, 15) is 9.59 Å². The number of aliphatic hydroxyl groups is 1. The second kappa shape index (κ2) is 30.3. The van der Waals surface area contributed by atoms with Crippen LogP contribution in [-0.2, 0) is 14.3 Å². The second-order valence-electron chi connectivity index (χ2n) is 10.9. The van der Waals surface area contributed by atoms with E-state index in [1.165, 1.54) is 128 Å². The monoisotopic (exact) mass is 510 g/mol. The van der Waals surface area contributed by atoms with Crippen molar-refractivity contribution in [1.29, 1.82) is 0 Å². The molecular weight excluding hydrogens is 448 g/mol. The van der Waals surface area contributed by atoms with Crippen LogP contribution < -0.4 is 0 Å². The molecule has 0 aromatic carbocycles. The highest BCUT2D eigenvalue weighted by Crippen LogP contribution is 2.15. The Kier molecular flexibility index (Phi) is 29.6. The summed E-state index contributed by atoms with van der Waals surface area (Å²) in [6.07, 6.45) is 33.0. The Balaban J connectivity index is 3.28. The summed E-state index contributed by atoms with van der Waals surface area (Å²) in [5.41, 5.74) is 0. The molecule has 0 aromatic heterocycles. The zero-order valence-corrected chi connectivity index (χ0v) is 24.2. The van der Waals surface area contributed by atoms with Gasteiger partial charge >= 0.3 is 11.9 Å². The minimum absolute atomic E-state index is 0.332. The quantitative estimate of drug-likeness (QED) is 0.0617. The molecule has 0 radical (unpaired) electrons. The first-order valence-electron chi connectivity index (χ1n) is 16.0. The van der Waals surface area contributed by atoms with Crippen LogP contribution in [-0.4, -0.2) is 23.7 Å². The maximum atomic E-state index is 11.9. The van der Waals surface area contributed by atoms with Crippen LogP contribution in [0.1, 0.15) is 187 Å². The summed E-state index contributed by atoms with van der Waals surface area (Å²) in [4.78, 5) is 23.7. The second-order valence-corrected chi connectivity index (χ2v) is 10.9. The van der Waals surface area contributed by atoms with Crippen LogP contribution in [0.5, 0.6) is 0 Å². The van der Waals surface area contributed by atoms with Crippen molar-refractivity contribution in [2.24, 2.45) is 0 Å². The summed E-state index contributed by atoms with van der Waals surface area (Å²) in [6.45, 7) is 2.60. The predicted molar refractivity (Wildman–Crippen MR) is 153 cm³/mol. The van der Waals surface area contributed by atoms with Crippen LogP contribution in [0, 0.1) is 0 Å². The van der Waals surface area contributed by atoms with E-state index in [4.69, 9.17) is 9.84 Å². The maximum absolute atomic E-state index is 11.9. The number of carbonyl (C=O) groups excluding carboxylic acids is 2. The summed E-state index contributed by atoms with van der Waals surface area (Å²) in [7, 11) is 0. The fourth-order valence-corrected chi connectivity index (χ4v) is 4.84. The van der Waals surface area contributed by atoms with Crippen molar-refractivity contribution in [3.63, 3.8) is 0 Å². The van der Waals surface area contributed by atoms with Gasteiger partial charge in [-0.05, 0) is 19.3 Å². The van der Waals surface area contributed by atoms with Gasteiger partial charge in [0.05, 0.1) is 0 Å². The van der Waals surface area contributed by atoms with Gasteiger partial charge in [0.15, 0.2) is 0 Å². The van der Waals surface area contributed by atoms with Crippen molar-refractivity contribution < 1.29 is 19.4 Å². The lowest BCUT2D eigenvalue weighted by Crippen LogP contribution is -2.11. The standard InChI is InChI=1S/C32H62O4/c1-2-3-4-5-6-7-8-10-13-16-19-22-25-28-31(34)36-32(35)29-26-23-20-17-14-11-9-12-15-18-21-24-27-30-33/h33H,2-30H2,1H3. The van der Waals surface area contributed by atoms with Crippen molar-refractivity contribution >= 4 is 11.9 Å². The third-order valence-corrected chi connectivity index (χ3v) is 7.25. The fourth-order valence-electron chi connectivity index (χ4n) is 4.84. The van der Waals surface area contributed by atoms with E-state index in [0.717, 1.165) is 38.5 Å². The van der Waals surface area contributed by atoms with Crippen LogP contribution in [0.2, 0.25) is 0 Å². The molecule has 0 heterocycles. The Morgan fingerprint density at radius 2 is 0.667 bits per heavy atom. The highest BCUT2D eigenvalue weighted by molar-refractivity contribution is 5.85. The van der Waals surface area contributed by atoms with Crippen LogP contribution >= 0.6 is 0 Å². The summed E-state index contributed by atoms with van der Waals surface area (Å²) in [6, 6.07) is 0. The summed E-state index contributed by atoms with van der Waals surface area (Å²) in [5.74, 6) is -0.676. The Labute approximate surface area is 224 Å².